The van der Waals surface area contributed by atoms with E-state index in [1.165, 1.54) is 6.26 Å². The Balaban J connectivity index is 1.51. The molecule has 0 bridgehead atoms. The van der Waals surface area contributed by atoms with E-state index < -0.39 is 0 Å². The molecule has 26 heavy (non-hydrogen) atoms. The van der Waals surface area contributed by atoms with E-state index in [0.29, 0.717) is 25.1 Å². The monoisotopic (exact) mass is 352 g/mol. The summed E-state index contributed by atoms with van der Waals surface area (Å²) < 4.78 is 7.14. The van der Waals surface area contributed by atoms with E-state index in [1.807, 2.05) is 34.7 Å². The van der Waals surface area contributed by atoms with Crippen molar-refractivity contribution in [2.75, 3.05) is 18.4 Å². The SMILES string of the molecule is Cn1c(CCN2CCCC2=O)nc2cc(NC(=O)c3ccco3)ccc21. The lowest BCUT2D eigenvalue weighted by Gasteiger charge is -2.14. The number of aryl methyl sites for hydroxylation is 1. The molecule has 0 aliphatic carbocycles. The number of benzene rings is 1. The maximum Gasteiger partial charge on any atom is 0.291 e. The van der Waals surface area contributed by atoms with Crippen molar-refractivity contribution in [2.45, 2.75) is 19.3 Å². The lowest BCUT2D eigenvalue weighted by Crippen LogP contribution is -2.27. The first-order chi connectivity index (χ1) is 12.6. The van der Waals surface area contributed by atoms with Crippen molar-refractivity contribution in [3.63, 3.8) is 0 Å². The summed E-state index contributed by atoms with van der Waals surface area (Å²) in [5.41, 5.74) is 2.47. The number of likely N-dealkylation sites (tertiary alicyclic amines) is 1. The van der Waals surface area contributed by atoms with Gasteiger partial charge in [0.1, 0.15) is 5.82 Å². The van der Waals surface area contributed by atoms with Crippen LogP contribution in [0.3, 0.4) is 0 Å². The van der Waals surface area contributed by atoms with Crippen molar-refractivity contribution in [3.8, 4) is 0 Å². The fourth-order valence-corrected chi connectivity index (χ4v) is 3.33. The van der Waals surface area contributed by atoms with Gasteiger partial charge in [-0.2, -0.15) is 0 Å². The van der Waals surface area contributed by atoms with E-state index in [2.05, 4.69) is 10.3 Å². The minimum absolute atomic E-state index is 0.228. The van der Waals surface area contributed by atoms with Crippen molar-refractivity contribution < 1.29 is 14.0 Å². The molecule has 2 amide bonds. The quantitative estimate of drug-likeness (QED) is 0.765. The molecule has 3 heterocycles. The molecule has 1 saturated heterocycles. The molecule has 0 atom stereocenters. The van der Waals surface area contributed by atoms with Crippen LogP contribution in [0, 0.1) is 0 Å². The number of amides is 2. The van der Waals surface area contributed by atoms with Crippen molar-refractivity contribution in [2.24, 2.45) is 7.05 Å². The number of anilines is 1. The molecule has 0 radical (unpaired) electrons. The summed E-state index contributed by atoms with van der Waals surface area (Å²) in [5.74, 6) is 1.13. The van der Waals surface area contributed by atoms with E-state index in [-0.39, 0.29) is 17.6 Å². The molecular weight excluding hydrogens is 332 g/mol. The molecule has 1 fully saturated rings. The van der Waals surface area contributed by atoms with Gasteiger partial charge in [0.15, 0.2) is 5.76 Å². The van der Waals surface area contributed by atoms with Crippen molar-refractivity contribution in [1.82, 2.24) is 14.5 Å². The Bertz CT molecular complexity index is 959. The highest BCUT2D eigenvalue weighted by Gasteiger charge is 2.20. The molecule has 2 aromatic heterocycles. The normalized spacial score (nSPS) is 14.3. The maximum absolute atomic E-state index is 12.1. The number of nitrogens with zero attached hydrogens (tertiary/aromatic N) is 3. The fraction of sp³-hybridized carbons (Fsp3) is 0.316. The minimum atomic E-state index is -0.293. The third-order valence-electron chi connectivity index (χ3n) is 4.75. The van der Waals surface area contributed by atoms with Crippen LogP contribution in [0.4, 0.5) is 5.69 Å². The van der Waals surface area contributed by atoms with Gasteiger partial charge in [0.2, 0.25) is 5.91 Å². The van der Waals surface area contributed by atoms with Crippen molar-refractivity contribution in [3.05, 3.63) is 48.2 Å². The van der Waals surface area contributed by atoms with E-state index in [4.69, 9.17) is 4.42 Å². The summed E-state index contributed by atoms with van der Waals surface area (Å²) in [6.07, 6.45) is 3.78. The molecule has 7 heteroatoms. The predicted octanol–water partition coefficient (Wildman–Crippen LogP) is 2.58. The van der Waals surface area contributed by atoms with Gasteiger partial charge in [-0.3, -0.25) is 9.59 Å². The molecule has 0 unspecified atom stereocenters. The molecule has 7 nitrogen and oxygen atoms in total. The minimum Gasteiger partial charge on any atom is -0.459 e. The number of nitrogens with one attached hydrogen (secondary N) is 1. The summed E-state index contributed by atoms with van der Waals surface area (Å²) in [6, 6.07) is 8.92. The molecule has 1 aromatic carbocycles. The van der Waals surface area contributed by atoms with Gasteiger partial charge >= 0.3 is 0 Å². The first-order valence-electron chi connectivity index (χ1n) is 8.70. The lowest BCUT2D eigenvalue weighted by atomic mass is 10.2. The van der Waals surface area contributed by atoms with Crippen molar-refractivity contribution in [1.29, 1.82) is 0 Å². The zero-order valence-electron chi connectivity index (χ0n) is 14.6. The van der Waals surface area contributed by atoms with Crippen LogP contribution in [-0.2, 0) is 18.3 Å². The smallest absolute Gasteiger partial charge is 0.291 e. The molecule has 1 aliphatic heterocycles. The summed E-state index contributed by atoms with van der Waals surface area (Å²) in [5, 5.41) is 2.81. The van der Waals surface area contributed by atoms with Crippen LogP contribution in [-0.4, -0.2) is 39.4 Å². The number of furan rings is 1. The summed E-state index contributed by atoms with van der Waals surface area (Å²) in [6.45, 7) is 1.53. The number of rotatable bonds is 5. The van der Waals surface area contributed by atoms with Gasteiger partial charge in [-0.05, 0) is 36.8 Å². The third kappa shape index (κ3) is 3.08. The van der Waals surface area contributed by atoms with Gasteiger partial charge in [-0.25, -0.2) is 4.98 Å². The number of carbonyl (C=O) groups excluding carboxylic acids is 2. The molecule has 4 rings (SSSR count). The highest BCUT2D eigenvalue weighted by atomic mass is 16.3. The Hall–Kier alpha value is -3.09. The number of imidazole rings is 1. The Kier molecular flexibility index (Phi) is 4.20. The molecule has 3 aromatic rings. The van der Waals surface area contributed by atoms with Gasteiger partial charge in [-0.15, -0.1) is 0 Å². The molecular formula is C19H20N4O3. The van der Waals surface area contributed by atoms with Crippen molar-refractivity contribution >= 4 is 28.5 Å². The lowest BCUT2D eigenvalue weighted by molar-refractivity contribution is -0.127. The van der Waals surface area contributed by atoms with Crippen LogP contribution in [0.15, 0.2) is 41.0 Å². The van der Waals surface area contributed by atoms with E-state index >= 15 is 0 Å². The van der Waals surface area contributed by atoms with E-state index in [9.17, 15) is 9.59 Å². The summed E-state index contributed by atoms with van der Waals surface area (Å²) >= 11 is 0. The van der Waals surface area contributed by atoms with Crippen LogP contribution in [0.5, 0.6) is 0 Å². The average Bonchev–Trinajstić information content (AvgIpc) is 3.35. The zero-order chi connectivity index (χ0) is 18.1. The van der Waals surface area contributed by atoms with E-state index in [0.717, 1.165) is 29.8 Å². The Morgan fingerprint density at radius 1 is 1.35 bits per heavy atom. The Morgan fingerprint density at radius 2 is 2.23 bits per heavy atom. The number of hydrogen-bond donors (Lipinski definition) is 1. The highest BCUT2D eigenvalue weighted by molar-refractivity contribution is 6.03. The van der Waals surface area contributed by atoms with Gasteiger partial charge in [0.25, 0.3) is 5.91 Å². The molecule has 134 valence electrons. The second-order valence-corrected chi connectivity index (χ2v) is 6.46. The second-order valence-electron chi connectivity index (χ2n) is 6.46. The Labute approximate surface area is 150 Å². The number of hydrogen-bond acceptors (Lipinski definition) is 4. The standard InChI is InChI=1S/C19H20N4O3/c1-22-15-7-6-13(20-19(25)16-4-3-11-26-16)12-14(15)21-17(22)8-10-23-9-2-5-18(23)24/h3-4,6-7,11-12H,2,5,8-10H2,1H3,(H,20,25). The van der Waals surface area contributed by atoms with Gasteiger partial charge < -0.3 is 19.2 Å². The molecule has 0 saturated carbocycles. The van der Waals surface area contributed by atoms with Gasteiger partial charge in [0, 0.05) is 38.7 Å². The summed E-state index contributed by atoms with van der Waals surface area (Å²) in [7, 11) is 1.97. The predicted molar refractivity (Wildman–Crippen MR) is 96.9 cm³/mol. The van der Waals surface area contributed by atoms with Gasteiger partial charge in [0.05, 0.1) is 17.3 Å². The number of fused-ring (bicyclic) bond motifs is 1. The van der Waals surface area contributed by atoms with Crippen LogP contribution in [0.25, 0.3) is 11.0 Å². The summed E-state index contributed by atoms with van der Waals surface area (Å²) in [4.78, 5) is 30.4. The molecule has 0 spiro atoms. The average molecular weight is 352 g/mol. The molecule has 1 aliphatic rings. The highest BCUT2D eigenvalue weighted by Crippen LogP contribution is 2.21. The van der Waals surface area contributed by atoms with E-state index in [1.54, 1.807) is 12.1 Å². The maximum atomic E-state index is 12.1. The van der Waals surface area contributed by atoms with Crippen LogP contribution < -0.4 is 5.32 Å². The largest absolute Gasteiger partial charge is 0.459 e. The van der Waals surface area contributed by atoms with Gasteiger partial charge in [-0.1, -0.05) is 0 Å². The third-order valence-corrected chi connectivity index (χ3v) is 4.75. The zero-order valence-corrected chi connectivity index (χ0v) is 14.6. The van der Waals surface area contributed by atoms with Crippen LogP contribution in [0.2, 0.25) is 0 Å². The molecule has 1 N–H and O–H groups in total. The second kappa shape index (κ2) is 6.67. The Morgan fingerprint density at radius 3 is 2.96 bits per heavy atom. The first-order valence-corrected chi connectivity index (χ1v) is 8.70. The topological polar surface area (TPSA) is 80.4 Å². The first kappa shape index (κ1) is 16.4. The van der Waals surface area contributed by atoms with Crippen LogP contribution in [0.1, 0.15) is 29.2 Å². The number of aromatic nitrogens is 2. The van der Waals surface area contributed by atoms with Crippen LogP contribution >= 0.6 is 0 Å². The number of carbonyl (C=O) groups is 2. The fourth-order valence-electron chi connectivity index (χ4n) is 3.33.